The van der Waals surface area contributed by atoms with Crippen LogP contribution in [0.5, 0.6) is 0 Å². The molecular formula is C14H16ClN3. The fraction of sp³-hybridized carbons (Fsp3) is 0.357. The molecule has 0 saturated heterocycles. The van der Waals surface area contributed by atoms with Gasteiger partial charge < -0.3 is 5.73 Å². The quantitative estimate of drug-likeness (QED) is 0.919. The number of nitrogens with zero attached hydrogens (tertiary/aromatic N) is 2. The molecule has 0 unspecified atom stereocenters. The Labute approximate surface area is 112 Å². The average Bonchev–Trinajstić information content (AvgIpc) is 3.13. The first kappa shape index (κ1) is 11.6. The summed E-state index contributed by atoms with van der Waals surface area (Å²) < 4.78 is 1.94. The van der Waals surface area contributed by atoms with Crippen LogP contribution in [0.1, 0.15) is 18.4 Å². The Kier molecular flexibility index (Phi) is 2.78. The summed E-state index contributed by atoms with van der Waals surface area (Å²) in [7, 11) is 0. The van der Waals surface area contributed by atoms with Crippen molar-refractivity contribution in [1.82, 2.24) is 9.78 Å². The van der Waals surface area contributed by atoms with E-state index in [9.17, 15) is 0 Å². The molecule has 0 atom stereocenters. The van der Waals surface area contributed by atoms with Crippen LogP contribution in [0.15, 0.2) is 24.3 Å². The molecule has 1 saturated carbocycles. The number of nitrogens with two attached hydrogens (primary N) is 1. The molecule has 2 N–H and O–H groups in total. The highest BCUT2D eigenvalue weighted by atomic mass is 35.5. The van der Waals surface area contributed by atoms with Crippen LogP contribution >= 0.6 is 11.6 Å². The number of nitrogen functional groups attached to an aromatic ring is 1. The molecule has 94 valence electrons. The van der Waals surface area contributed by atoms with Crippen molar-refractivity contribution >= 4 is 17.4 Å². The van der Waals surface area contributed by atoms with Gasteiger partial charge in [-0.2, -0.15) is 5.10 Å². The molecule has 1 aromatic carbocycles. The Balaban J connectivity index is 1.98. The highest BCUT2D eigenvalue weighted by molar-refractivity contribution is 6.30. The lowest BCUT2D eigenvalue weighted by atomic mass is 10.1. The Morgan fingerprint density at radius 1 is 1.33 bits per heavy atom. The first-order valence-electron chi connectivity index (χ1n) is 6.24. The molecule has 0 aliphatic heterocycles. The second kappa shape index (κ2) is 4.32. The zero-order valence-corrected chi connectivity index (χ0v) is 11.1. The third-order valence-corrected chi connectivity index (χ3v) is 3.74. The van der Waals surface area contributed by atoms with Crippen LogP contribution in [0.3, 0.4) is 0 Å². The van der Waals surface area contributed by atoms with E-state index in [4.69, 9.17) is 17.3 Å². The molecule has 1 aliphatic carbocycles. The van der Waals surface area contributed by atoms with Gasteiger partial charge in [0.15, 0.2) is 0 Å². The molecule has 1 heterocycles. The van der Waals surface area contributed by atoms with Crippen molar-refractivity contribution in [2.75, 3.05) is 5.73 Å². The van der Waals surface area contributed by atoms with Gasteiger partial charge in [0, 0.05) is 22.7 Å². The number of anilines is 1. The largest absolute Gasteiger partial charge is 0.384 e. The zero-order chi connectivity index (χ0) is 12.7. The number of halogens is 1. The fourth-order valence-corrected chi connectivity index (χ4v) is 2.26. The van der Waals surface area contributed by atoms with Crippen molar-refractivity contribution < 1.29 is 0 Å². The smallest absolute Gasteiger partial charge is 0.125 e. The minimum absolute atomic E-state index is 0.738. The van der Waals surface area contributed by atoms with Gasteiger partial charge in [-0.3, -0.25) is 0 Å². The third-order valence-electron chi connectivity index (χ3n) is 3.48. The summed E-state index contributed by atoms with van der Waals surface area (Å²) in [5.41, 5.74) is 9.21. The molecule has 18 heavy (non-hydrogen) atoms. The molecular weight excluding hydrogens is 246 g/mol. The van der Waals surface area contributed by atoms with Gasteiger partial charge in [-0.1, -0.05) is 23.7 Å². The summed E-state index contributed by atoms with van der Waals surface area (Å²) in [6.07, 6.45) is 2.60. The Hall–Kier alpha value is -1.48. The lowest BCUT2D eigenvalue weighted by Gasteiger charge is -2.01. The van der Waals surface area contributed by atoms with Gasteiger partial charge >= 0.3 is 0 Å². The standard InChI is InChI=1S/C14H16ClN3/c1-9-13(11-4-6-12(15)7-5-11)17-18(14(9)16)8-10-2-3-10/h4-7,10H,2-3,8,16H2,1H3. The lowest BCUT2D eigenvalue weighted by molar-refractivity contribution is 0.572. The van der Waals surface area contributed by atoms with Crippen molar-refractivity contribution in [2.45, 2.75) is 26.3 Å². The van der Waals surface area contributed by atoms with E-state index < -0.39 is 0 Å². The van der Waals surface area contributed by atoms with Crippen LogP contribution in [-0.4, -0.2) is 9.78 Å². The minimum atomic E-state index is 0.738. The average molecular weight is 262 g/mol. The highest BCUT2D eigenvalue weighted by Crippen LogP contribution is 2.33. The Morgan fingerprint density at radius 3 is 2.61 bits per heavy atom. The summed E-state index contributed by atoms with van der Waals surface area (Å²) in [6, 6.07) is 7.73. The maximum atomic E-state index is 6.12. The second-order valence-corrected chi connectivity index (χ2v) is 5.43. The summed E-state index contributed by atoms with van der Waals surface area (Å²) in [4.78, 5) is 0. The maximum Gasteiger partial charge on any atom is 0.125 e. The van der Waals surface area contributed by atoms with E-state index >= 15 is 0 Å². The molecule has 0 amide bonds. The van der Waals surface area contributed by atoms with E-state index in [1.165, 1.54) is 12.8 Å². The predicted molar refractivity (Wildman–Crippen MR) is 74.5 cm³/mol. The Morgan fingerprint density at radius 2 is 2.00 bits per heavy atom. The lowest BCUT2D eigenvalue weighted by Crippen LogP contribution is -2.06. The zero-order valence-electron chi connectivity index (χ0n) is 10.4. The molecule has 3 rings (SSSR count). The van der Waals surface area contributed by atoms with Crippen LogP contribution in [0.4, 0.5) is 5.82 Å². The van der Waals surface area contributed by atoms with Crippen molar-refractivity contribution in [3.05, 3.63) is 34.9 Å². The van der Waals surface area contributed by atoms with Crippen LogP contribution in [0.25, 0.3) is 11.3 Å². The normalized spacial score (nSPS) is 15.0. The minimum Gasteiger partial charge on any atom is -0.384 e. The van der Waals surface area contributed by atoms with Gasteiger partial charge in [0.1, 0.15) is 5.82 Å². The second-order valence-electron chi connectivity index (χ2n) is 4.99. The van der Waals surface area contributed by atoms with Crippen molar-refractivity contribution in [3.63, 3.8) is 0 Å². The van der Waals surface area contributed by atoms with Crippen molar-refractivity contribution in [3.8, 4) is 11.3 Å². The van der Waals surface area contributed by atoms with E-state index in [-0.39, 0.29) is 0 Å². The van der Waals surface area contributed by atoms with Crippen molar-refractivity contribution in [2.24, 2.45) is 5.92 Å². The first-order valence-corrected chi connectivity index (χ1v) is 6.62. The van der Waals surface area contributed by atoms with Crippen LogP contribution in [0.2, 0.25) is 5.02 Å². The van der Waals surface area contributed by atoms with E-state index in [1.54, 1.807) is 0 Å². The molecule has 1 fully saturated rings. The molecule has 0 spiro atoms. The topological polar surface area (TPSA) is 43.8 Å². The number of rotatable bonds is 3. The van der Waals surface area contributed by atoms with Crippen LogP contribution in [-0.2, 0) is 6.54 Å². The summed E-state index contributed by atoms with van der Waals surface area (Å²) in [5, 5.41) is 5.38. The maximum absolute atomic E-state index is 6.12. The molecule has 3 nitrogen and oxygen atoms in total. The van der Waals surface area contributed by atoms with Crippen LogP contribution in [0, 0.1) is 12.8 Å². The number of benzene rings is 1. The van der Waals surface area contributed by atoms with Gasteiger partial charge in [-0.15, -0.1) is 0 Å². The first-order chi connectivity index (χ1) is 8.65. The summed E-state index contributed by atoms with van der Waals surface area (Å²) in [6.45, 7) is 2.97. The number of hydrogen-bond donors (Lipinski definition) is 1. The van der Waals surface area contributed by atoms with E-state index in [0.29, 0.717) is 0 Å². The number of aromatic nitrogens is 2. The third kappa shape index (κ3) is 2.10. The summed E-state index contributed by atoms with van der Waals surface area (Å²) in [5.74, 6) is 1.55. The van der Waals surface area contributed by atoms with E-state index in [2.05, 4.69) is 5.10 Å². The monoisotopic (exact) mass is 261 g/mol. The van der Waals surface area contributed by atoms with E-state index in [0.717, 1.165) is 40.1 Å². The Bertz CT molecular complexity index is 567. The fourth-order valence-electron chi connectivity index (χ4n) is 2.13. The SMILES string of the molecule is Cc1c(-c2ccc(Cl)cc2)nn(CC2CC2)c1N. The molecule has 4 heteroatoms. The molecule has 1 aromatic heterocycles. The number of hydrogen-bond acceptors (Lipinski definition) is 2. The highest BCUT2D eigenvalue weighted by Gasteiger charge is 2.24. The van der Waals surface area contributed by atoms with Gasteiger partial charge in [-0.05, 0) is 37.8 Å². The van der Waals surface area contributed by atoms with Crippen molar-refractivity contribution in [1.29, 1.82) is 0 Å². The molecule has 2 aromatic rings. The molecule has 0 bridgehead atoms. The van der Waals surface area contributed by atoms with Crippen LogP contribution < -0.4 is 5.73 Å². The molecule has 1 aliphatic rings. The van der Waals surface area contributed by atoms with Gasteiger partial charge in [0.05, 0.1) is 5.69 Å². The molecule has 0 radical (unpaired) electrons. The van der Waals surface area contributed by atoms with Gasteiger partial charge in [-0.25, -0.2) is 4.68 Å². The predicted octanol–water partition coefficient (Wildman–Crippen LogP) is 3.50. The summed E-state index contributed by atoms with van der Waals surface area (Å²) >= 11 is 5.90. The van der Waals surface area contributed by atoms with Gasteiger partial charge in [0.2, 0.25) is 0 Å². The van der Waals surface area contributed by atoms with E-state index in [1.807, 2.05) is 35.9 Å². The van der Waals surface area contributed by atoms with Gasteiger partial charge in [0.25, 0.3) is 0 Å².